The molecule has 0 bridgehead atoms. The van der Waals surface area contributed by atoms with Gasteiger partial charge in [-0.25, -0.2) is 0 Å². The number of nitrogens with one attached hydrogen (secondary N) is 2. The van der Waals surface area contributed by atoms with E-state index in [1.165, 1.54) is 12.8 Å². The summed E-state index contributed by atoms with van der Waals surface area (Å²) in [6.45, 7) is 2.88. The van der Waals surface area contributed by atoms with Gasteiger partial charge in [0.05, 0.1) is 12.5 Å². The van der Waals surface area contributed by atoms with E-state index in [4.69, 9.17) is 11.6 Å². The lowest BCUT2D eigenvalue weighted by atomic mass is 10.1. The van der Waals surface area contributed by atoms with Crippen LogP contribution in [-0.4, -0.2) is 42.9 Å². The fourth-order valence-corrected chi connectivity index (χ4v) is 3.95. The molecule has 29 heavy (non-hydrogen) atoms. The Morgan fingerprint density at radius 3 is 2.34 bits per heavy atom. The molecule has 0 aromatic heterocycles. The fourth-order valence-electron chi connectivity index (χ4n) is 3.69. The summed E-state index contributed by atoms with van der Waals surface area (Å²) in [6, 6.07) is 17.5. The first kappa shape index (κ1) is 21.3. The second-order valence-corrected chi connectivity index (χ2v) is 7.75. The van der Waals surface area contributed by atoms with Gasteiger partial charge in [0.1, 0.15) is 0 Å². The first-order chi connectivity index (χ1) is 14.1. The van der Waals surface area contributed by atoms with Crippen LogP contribution in [0.2, 0.25) is 5.02 Å². The highest BCUT2D eigenvalue weighted by Gasteiger charge is 2.25. The Morgan fingerprint density at radius 2 is 1.62 bits per heavy atom. The van der Waals surface area contributed by atoms with Crippen molar-refractivity contribution in [1.82, 2.24) is 15.5 Å². The van der Waals surface area contributed by atoms with Crippen molar-refractivity contribution >= 4 is 23.4 Å². The average molecular weight is 414 g/mol. The van der Waals surface area contributed by atoms with Crippen LogP contribution < -0.4 is 10.6 Å². The van der Waals surface area contributed by atoms with Crippen molar-refractivity contribution < 1.29 is 9.59 Å². The van der Waals surface area contributed by atoms with E-state index < -0.39 is 0 Å². The van der Waals surface area contributed by atoms with Gasteiger partial charge in [-0.05, 0) is 43.1 Å². The Hall–Kier alpha value is -2.37. The second kappa shape index (κ2) is 11.0. The molecule has 154 valence electrons. The third-order valence-corrected chi connectivity index (χ3v) is 5.56. The number of carbonyl (C=O) groups is 2. The zero-order valence-electron chi connectivity index (χ0n) is 16.6. The molecule has 0 saturated carbocycles. The van der Waals surface area contributed by atoms with Crippen LogP contribution in [0.4, 0.5) is 0 Å². The number of halogens is 1. The molecule has 1 heterocycles. The number of hydrogen-bond donors (Lipinski definition) is 2. The Labute approximate surface area is 177 Å². The van der Waals surface area contributed by atoms with Gasteiger partial charge < -0.3 is 10.6 Å². The predicted molar refractivity (Wildman–Crippen MR) is 116 cm³/mol. The predicted octanol–water partition coefficient (Wildman–Crippen LogP) is 3.34. The largest absolute Gasteiger partial charge is 0.355 e. The van der Waals surface area contributed by atoms with Gasteiger partial charge in [-0.2, -0.15) is 0 Å². The summed E-state index contributed by atoms with van der Waals surface area (Å²) in [5.74, 6) is -0.142. The maximum atomic E-state index is 12.3. The normalized spacial score (nSPS) is 15.1. The molecule has 6 heteroatoms. The van der Waals surface area contributed by atoms with Crippen molar-refractivity contribution in [3.05, 3.63) is 70.7 Å². The summed E-state index contributed by atoms with van der Waals surface area (Å²) in [5.41, 5.74) is 2.01. The van der Waals surface area contributed by atoms with Crippen molar-refractivity contribution in [3.8, 4) is 0 Å². The molecule has 2 aromatic carbocycles. The van der Waals surface area contributed by atoms with Crippen LogP contribution in [0.1, 0.15) is 36.4 Å². The van der Waals surface area contributed by atoms with Crippen LogP contribution in [0, 0.1) is 0 Å². The van der Waals surface area contributed by atoms with Crippen molar-refractivity contribution in [2.24, 2.45) is 0 Å². The van der Waals surface area contributed by atoms with E-state index in [1.54, 1.807) is 0 Å². The van der Waals surface area contributed by atoms with E-state index in [0.29, 0.717) is 19.5 Å². The minimum absolute atomic E-state index is 0.0683. The van der Waals surface area contributed by atoms with Gasteiger partial charge in [0, 0.05) is 24.5 Å². The lowest BCUT2D eigenvalue weighted by molar-refractivity contribution is -0.122. The fraction of sp³-hybridized carbons (Fsp3) is 0.391. The summed E-state index contributed by atoms with van der Waals surface area (Å²) in [4.78, 5) is 26.7. The molecule has 2 N–H and O–H groups in total. The number of amides is 2. The molecule has 2 amide bonds. The summed E-state index contributed by atoms with van der Waals surface area (Å²) in [7, 11) is 0. The van der Waals surface area contributed by atoms with Crippen molar-refractivity contribution in [2.75, 3.05) is 26.2 Å². The first-order valence-corrected chi connectivity index (χ1v) is 10.6. The number of benzene rings is 2. The monoisotopic (exact) mass is 413 g/mol. The van der Waals surface area contributed by atoms with Crippen molar-refractivity contribution in [3.63, 3.8) is 0 Å². The molecular weight excluding hydrogens is 386 g/mol. The third-order valence-electron chi connectivity index (χ3n) is 5.22. The first-order valence-electron chi connectivity index (χ1n) is 10.2. The summed E-state index contributed by atoms with van der Waals surface area (Å²) in [5, 5.41) is 6.56. The van der Waals surface area contributed by atoms with Gasteiger partial charge in [-0.3, -0.25) is 14.5 Å². The molecule has 1 aliphatic heterocycles. The van der Waals surface area contributed by atoms with Crippen LogP contribution in [0.3, 0.4) is 0 Å². The van der Waals surface area contributed by atoms with E-state index in [-0.39, 0.29) is 24.3 Å². The Bertz CT molecular complexity index is 807. The number of rotatable bonds is 9. The molecule has 1 saturated heterocycles. The molecule has 0 spiro atoms. The van der Waals surface area contributed by atoms with Crippen LogP contribution in [0.5, 0.6) is 0 Å². The van der Waals surface area contributed by atoms with Crippen molar-refractivity contribution in [1.29, 1.82) is 0 Å². The quantitative estimate of drug-likeness (QED) is 0.662. The molecular formula is C23H28ClN3O2. The SMILES string of the molecule is O=C(CCNC(=O)Cc1ccccc1)NCC(c1ccccc1Cl)N1CCCC1. The van der Waals surface area contributed by atoms with Crippen molar-refractivity contribution in [2.45, 2.75) is 31.7 Å². The standard InChI is InChI=1S/C23H28ClN3O2/c24-20-11-5-4-10-19(20)21(27-14-6-7-15-27)17-26-22(28)12-13-25-23(29)16-18-8-2-1-3-9-18/h1-5,8-11,21H,6-7,12-17H2,(H,25,29)(H,26,28). The highest BCUT2D eigenvalue weighted by molar-refractivity contribution is 6.31. The highest BCUT2D eigenvalue weighted by Crippen LogP contribution is 2.29. The van der Waals surface area contributed by atoms with Gasteiger partial charge in [0.2, 0.25) is 11.8 Å². The van der Waals surface area contributed by atoms with Crippen LogP contribution in [0.15, 0.2) is 54.6 Å². The van der Waals surface area contributed by atoms with Gasteiger partial charge in [-0.15, -0.1) is 0 Å². The average Bonchev–Trinajstić information content (AvgIpc) is 3.25. The zero-order chi connectivity index (χ0) is 20.5. The number of nitrogens with zero attached hydrogens (tertiary/aromatic N) is 1. The highest BCUT2D eigenvalue weighted by atomic mass is 35.5. The van der Waals surface area contributed by atoms with E-state index in [2.05, 4.69) is 15.5 Å². The summed E-state index contributed by atoms with van der Waals surface area (Å²) in [6.07, 6.45) is 2.92. The molecule has 1 aliphatic rings. The van der Waals surface area contributed by atoms with Crippen LogP contribution in [0.25, 0.3) is 0 Å². The van der Waals surface area contributed by atoms with Gasteiger partial charge in [-0.1, -0.05) is 60.1 Å². The van der Waals surface area contributed by atoms with Crippen LogP contribution >= 0.6 is 11.6 Å². The molecule has 1 unspecified atom stereocenters. The minimum Gasteiger partial charge on any atom is -0.355 e. The third kappa shape index (κ3) is 6.58. The smallest absolute Gasteiger partial charge is 0.224 e. The molecule has 2 aromatic rings. The lowest BCUT2D eigenvalue weighted by Gasteiger charge is -2.29. The van der Waals surface area contributed by atoms with Gasteiger partial charge in [0.15, 0.2) is 0 Å². The molecule has 1 atom stereocenters. The maximum absolute atomic E-state index is 12.3. The molecule has 5 nitrogen and oxygen atoms in total. The van der Waals surface area contributed by atoms with E-state index in [9.17, 15) is 9.59 Å². The molecule has 3 rings (SSSR count). The number of likely N-dealkylation sites (tertiary alicyclic amines) is 1. The Balaban J connectivity index is 1.45. The lowest BCUT2D eigenvalue weighted by Crippen LogP contribution is -2.38. The van der Waals surface area contributed by atoms with Gasteiger partial charge >= 0.3 is 0 Å². The number of carbonyl (C=O) groups excluding carboxylic acids is 2. The summed E-state index contributed by atoms with van der Waals surface area (Å²) < 4.78 is 0. The zero-order valence-corrected chi connectivity index (χ0v) is 17.3. The Morgan fingerprint density at radius 1 is 0.931 bits per heavy atom. The molecule has 0 aliphatic carbocycles. The van der Waals surface area contributed by atoms with E-state index >= 15 is 0 Å². The summed E-state index contributed by atoms with van der Waals surface area (Å²) >= 11 is 6.41. The Kier molecular flexibility index (Phi) is 8.08. The maximum Gasteiger partial charge on any atom is 0.224 e. The topological polar surface area (TPSA) is 61.4 Å². The molecule has 0 radical (unpaired) electrons. The van der Waals surface area contributed by atoms with E-state index in [1.807, 2.05) is 54.6 Å². The van der Waals surface area contributed by atoms with Crippen LogP contribution in [-0.2, 0) is 16.0 Å². The molecule has 1 fully saturated rings. The minimum atomic E-state index is -0.0741. The number of hydrogen-bond acceptors (Lipinski definition) is 3. The second-order valence-electron chi connectivity index (χ2n) is 7.35. The van der Waals surface area contributed by atoms with Gasteiger partial charge in [0.25, 0.3) is 0 Å². The van der Waals surface area contributed by atoms with E-state index in [0.717, 1.165) is 29.2 Å².